The Kier molecular flexibility index (Phi) is 5.62. The largest absolute Gasteiger partial charge is 0.495 e. The Labute approximate surface area is 183 Å². The molecule has 2 aromatic carbocycles. The molecule has 0 saturated carbocycles. The zero-order valence-corrected chi connectivity index (χ0v) is 17.9. The molecule has 2 aromatic heterocycles. The lowest BCUT2D eigenvalue weighted by molar-refractivity contribution is 0.0950. The minimum Gasteiger partial charge on any atom is -0.495 e. The second-order valence-corrected chi connectivity index (χ2v) is 8.96. The van der Waals surface area contributed by atoms with E-state index < -0.39 is 9.84 Å². The summed E-state index contributed by atoms with van der Waals surface area (Å²) in [6, 6.07) is 10.7. The van der Waals surface area contributed by atoms with Crippen LogP contribution in [0.3, 0.4) is 0 Å². The predicted octanol–water partition coefficient (Wildman–Crippen LogP) is 3.15. The Bertz CT molecular complexity index is 1370. The molecule has 8 nitrogen and oxygen atoms in total. The van der Waals surface area contributed by atoms with Crippen LogP contribution in [0.5, 0.6) is 5.75 Å². The molecule has 0 aliphatic rings. The maximum Gasteiger partial charge on any atom is 0.254 e. The summed E-state index contributed by atoms with van der Waals surface area (Å²) in [5.41, 5.74) is 1.12. The number of hydrogen-bond acceptors (Lipinski definition) is 6. The van der Waals surface area contributed by atoms with Gasteiger partial charge in [0.1, 0.15) is 10.6 Å². The van der Waals surface area contributed by atoms with Crippen molar-refractivity contribution < 1.29 is 17.9 Å². The first-order valence-corrected chi connectivity index (χ1v) is 11.0. The number of nitrogens with zero attached hydrogens (tertiary/aromatic N) is 3. The van der Waals surface area contributed by atoms with Crippen molar-refractivity contribution in [2.75, 3.05) is 7.11 Å². The fourth-order valence-electron chi connectivity index (χ4n) is 2.99. The highest BCUT2D eigenvalue weighted by Gasteiger charge is 2.22. The van der Waals surface area contributed by atoms with Crippen LogP contribution in [0, 0.1) is 0 Å². The summed E-state index contributed by atoms with van der Waals surface area (Å²) >= 11 is 5.97. The summed E-state index contributed by atoms with van der Waals surface area (Å²) in [6.45, 7) is 0.224. The third-order valence-electron chi connectivity index (χ3n) is 4.61. The zero-order valence-electron chi connectivity index (χ0n) is 16.3. The summed E-state index contributed by atoms with van der Waals surface area (Å²) in [5.74, 6) is 0.414. The molecule has 2 heterocycles. The molecular weight excluding hydrogens is 440 g/mol. The molecule has 0 aliphatic heterocycles. The number of sulfone groups is 1. The molecule has 1 amide bonds. The highest BCUT2D eigenvalue weighted by molar-refractivity contribution is 7.91. The normalized spacial score (nSPS) is 11.4. The van der Waals surface area contributed by atoms with E-state index in [-0.39, 0.29) is 28.0 Å². The van der Waals surface area contributed by atoms with Crippen LogP contribution in [0.15, 0.2) is 77.0 Å². The van der Waals surface area contributed by atoms with Gasteiger partial charge in [-0.3, -0.25) is 9.20 Å². The van der Waals surface area contributed by atoms with E-state index in [4.69, 9.17) is 16.3 Å². The van der Waals surface area contributed by atoms with Gasteiger partial charge < -0.3 is 10.1 Å². The van der Waals surface area contributed by atoms with Gasteiger partial charge in [-0.1, -0.05) is 23.7 Å². The van der Waals surface area contributed by atoms with Crippen molar-refractivity contribution in [3.05, 3.63) is 83.4 Å². The molecular formula is C21H17ClN4O4S. The van der Waals surface area contributed by atoms with E-state index in [1.54, 1.807) is 41.2 Å². The molecule has 0 radical (unpaired) electrons. The fourth-order valence-corrected chi connectivity index (χ4v) is 4.68. The lowest BCUT2D eigenvalue weighted by atomic mass is 10.2. The number of carbonyl (C=O) groups is 1. The van der Waals surface area contributed by atoms with E-state index in [0.717, 1.165) is 5.56 Å². The summed E-state index contributed by atoms with van der Waals surface area (Å²) in [7, 11) is -2.43. The SMILES string of the molecule is COc1ccc(Cl)cc1S(=O)(=O)c1ccc(CNC(=O)c2cnc3nccn3c2)cc1. The minimum atomic E-state index is -3.82. The molecule has 0 spiro atoms. The first kappa shape index (κ1) is 20.8. The van der Waals surface area contributed by atoms with Gasteiger partial charge in [-0.2, -0.15) is 0 Å². The van der Waals surface area contributed by atoms with E-state index in [9.17, 15) is 13.2 Å². The van der Waals surface area contributed by atoms with Crippen LogP contribution in [-0.2, 0) is 16.4 Å². The number of fused-ring (bicyclic) bond motifs is 1. The van der Waals surface area contributed by atoms with Crippen molar-refractivity contribution in [3.8, 4) is 5.75 Å². The first-order valence-electron chi connectivity index (χ1n) is 9.13. The molecule has 31 heavy (non-hydrogen) atoms. The number of nitrogens with one attached hydrogen (secondary N) is 1. The number of ether oxygens (including phenoxy) is 1. The second kappa shape index (κ2) is 8.37. The van der Waals surface area contributed by atoms with Crippen molar-refractivity contribution in [2.24, 2.45) is 0 Å². The van der Waals surface area contributed by atoms with E-state index in [2.05, 4.69) is 15.3 Å². The van der Waals surface area contributed by atoms with Crippen LogP contribution in [0.1, 0.15) is 15.9 Å². The number of hydrogen-bond donors (Lipinski definition) is 1. The van der Waals surface area contributed by atoms with Gasteiger partial charge in [-0.05, 0) is 35.9 Å². The van der Waals surface area contributed by atoms with Gasteiger partial charge in [-0.25, -0.2) is 18.4 Å². The van der Waals surface area contributed by atoms with Gasteiger partial charge in [-0.15, -0.1) is 0 Å². The van der Waals surface area contributed by atoms with E-state index in [1.165, 1.54) is 37.6 Å². The van der Waals surface area contributed by atoms with E-state index >= 15 is 0 Å². The van der Waals surface area contributed by atoms with Gasteiger partial charge in [0.25, 0.3) is 5.91 Å². The lowest BCUT2D eigenvalue weighted by Crippen LogP contribution is -2.23. The standard InChI is InChI=1S/C21H17ClN4O4S/c1-30-18-7-4-16(22)10-19(18)31(28,29)17-5-2-14(3-6-17)11-24-20(27)15-12-25-21-23-8-9-26(21)13-15/h2-10,12-13H,11H2,1H3,(H,24,27). The number of methoxy groups -OCH3 is 1. The monoisotopic (exact) mass is 456 g/mol. The number of aromatic nitrogens is 3. The first-order chi connectivity index (χ1) is 14.9. The molecule has 10 heteroatoms. The summed E-state index contributed by atoms with van der Waals surface area (Å²) in [5, 5.41) is 3.08. The topological polar surface area (TPSA) is 103 Å². The Morgan fingerprint density at radius 1 is 1.16 bits per heavy atom. The highest BCUT2D eigenvalue weighted by atomic mass is 35.5. The summed E-state index contributed by atoms with van der Waals surface area (Å²) < 4.78 is 32.8. The predicted molar refractivity (Wildman–Crippen MR) is 114 cm³/mol. The maximum absolute atomic E-state index is 13.0. The number of benzene rings is 2. The Morgan fingerprint density at radius 3 is 2.68 bits per heavy atom. The third-order valence-corrected chi connectivity index (χ3v) is 6.64. The summed E-state index contributed by atoms with van der Waals surface area (Å²) in [4.78, 5) is 20.6. The smallest absolute Gasteiger partial charge is 0.254 e. The number of imidazole rings is 1. The molecule has 4 aromatic rings. The zero-order chi connectivity index (χ0) is 22.0. The molecule has 0 aliphatic carbocycles. The number of rotatable bonds is 6. The quantitative estimate of drug-likeness (QED) is 0.478. The molecule has 0 bridgehead atoms. The molecule has 1 N–H and O–H groups in total. The average Bonchev–Trinajstić information content (AvgIpc) is 3.25. The Hall–Kier alpha value is -3.43. The van der Waals surface area contributed by atoms with E-state index in [0.29, 0.717) is 16.4 Å². The van der Waals surface area contributed by atoms with Gasteiger partial charge >= 0.3 is 0 Å². The molecule has 0 saturated heterocycles. The fraction of sp³-hybridized carbons (Fsp3) is 0.0952. The Balaban J connectivity index is 1.49. The Morgan fingerprint density at radius 2 is 1.94 bits per heavy atom. The van der Waals surface area contributed by atoms with Crippen molar-refractivity contribution in [1.82, 2.24) is 19.7 Å². The van der Waals surface area contributed by atoms with E-state index in [1.807, 2.05) is 0 Å². The number of halogens is 1. The lowest BCUT2D eigenvalue weighted by Gasteiger charge is -2.11. The van der Waals surface area contributed by atoms with Gasteiger partial charge in [0.05, 0.1) is 17.6 Å². The van der Waals surface area contributed by atoms with Crippen LogP contribution < -0.4 is 10.1 Å². The second-order valence-electron chi connectivity index (χ2n) is 6.60. The van der Waals surface area contributed by atoms with Gasteiger partial charge in [0.2, 0.25) is 15.6 Å². The molecule has 0 unspecified atom stereocenters. The number of amides is 1. The average molecular weight is 457 g/mol. The van der Waals surface area contributed by atoms with Crippen LogP contribution in [0.4, 0.5) is 0 Å². The highest BCUT2D eigenvalue weighted by Crippen LogP contribution is 2.31. The van der Waals surface area contributed by atoms with Crippen molar-refractivity contribution in [1.29, 1.82) is 0 Å². The molecule has 158 valence electrons. The van der Waals surface area contributed by atoms with Gasteiger partial charge in [0.15, 0.2) is 0 Å². The van der Waals surface area contributed by atoms with Crippen LogP contribution in [0.25, 0.3) is 5.78 Å². The number of carbonyl (C=O) groups excluding carboxylic acids is 1. The van der Waals surface area contributed by atoms with Crippen molar-refractivity contribution in [3.63, 3.8) is 0 Å². The van der Waals surface area contributed by atoms with Crippen LogP contribution in [0.2, 0.25) is 5.02 Å². The van der Waals surface area contributed by atoms with Crippen molar-refractivity contribution in [2.45, 2.75) is 16.3 Å². The van der Waals surface area contributed by atoms with Crippen LogP contribution >= 0.6 is 11.6 Å². The molecule has 4 rings (SSSR count). The maximum atomic E-state index is 13.0. The van der Waals surface area contributed by atoms with Gasteiger partial charge in [0, 0.05) is 36.4 Å². The molecule has 0 atom stereocenters. The van der Waals surface area contributed by atoms with Crippen LogP contribution in [-0.4, -0.2) is 35.8 Å². The summed E-state index contributed by atoms with van der Waals surface area (Å²) in [6.07, 6.45) is 6.39. The minimum absolute atomic E-state index is 0.00838. The van der Waals surface area contributed by atoms with Crippen molar-refractivity contribution >= 4 is 33.1 Å². The third kappa shape index (κ3) is 4.23. The molecule has 0 fully saturated rings.